The molecule has 0 aliphatic heterocycles. The van der Waals surface area contributed by atoms with E-state index in [-0.39, 0.29) is 11.8 Å². The number of carbonyl (C=O) groups is 2. The van der Waals surface area contributed by atoms with E-state index in [9.17, 15) is 13.8 Å². The zero-order valence-corrected chi connectivity index (χ0v) is 23.2. The van der Waals surface area contributed by atoms with E-state index >= 15 is 0 Å². The maximum absolute atomic E-state index is 12.8. The number of benzene rings is 1. The fourth-order valence-corrected chi connectivity index (χ4v) is 3.63. The lowest BCUT2D eigenvalue weighted by Crippen LogP contribution is -2.37. The van der Waals surface area contributed by atoms with Gasteiger partial charge in [-0.2, -0.15) is 0 Å². The number of anilines is 1. The zero-order valence-electron chi connectivity index (χ0n) is 22.4. The Labute approximate surface area is 225 Å². The van der Waals surface area contributed by atoms with Crippen LogP contribution in [0.15, 0.2) is 30.5 Å². The van der Waals surface area contributed by atoms with Gasteiger partial charge in [0.2, 0.25) is 5.91 Å². The number of rotatable bonds is 15. The van der Waals surface area contributed by atoms with Gasteiger partial charge in [-0.25, -0.2) is 13.7 Å². The van der Waals surface area contributed by atoms with Crippen molar-refractivity contribution in [3.05, 3.63) is 30.5 Å². The Morgan fingerprint density at radius 3 is 2.18 bits per heavy atom. The number of ether oxygens (including phenoxy) is 3. The molecule has 0 radical (unpaired) electrons. The summed E-state index contributed by atoms with van der Waals surface area (Å²) in [6.45, 7) is 11.2. The van der Waals surface area contributed by atoms with Crippen LogP contribution in [0, 0.1) is 5.92 Å². The van der Waals surface area contributed by atoms with E-state index in [1.165, 1.54) is 4.68 Å². The minimum Gasteiger partial charge on any atom is -0.444 e. The van der Waals surface area contributed by atoms with Gasteiger partial charge in [0.25, 0.3) is 11.3 Å². The number of hydrogen-bond acceptors (Lipinski definition) is 8. The van der Waals surface area contributed by atoms with E-state index in [2.05, 4.69) is 25.7 Å². The van der Waals surface area contributed by atoms with Crippen molar-refractivity contribution < 1.29 is 32.6 Å². The van der Waals surface area contributed by atoms with Gasteiger partial charge in [0.15, 0.2) is 0 Å². The van der Waals surface area contributed by atoms with Gasteiger partial charge in [-0.3, -0.25) is 14.1 Å². The molecule has 212 valence electrons. The van der Waals surface area contributed by atoms with Gasteiger partial charge in [-0.15, -0.1) is 5.10 Å². The van der Waals surface area contributed by atoms with E-state index < -0.39 is 29.0 Å². The molecular weight excluding hydrogens is 516 g/mol. The number of carbonyl (C=O) groups excluding carboxylic acids is 2. The van der Waals surface area contributed by atoms with Crippen LogP contribution in [0.1, 0.15) is 40.7 Å². The van der Waals surface area contributed by atoms with E-state index in [4.69, 9.17) is 18.8 Å². The summed E-state index contributed by atoms with van der Waals surface area (Å²) in [6, 6.07) is 6.23. The predicted octanol–water partition coefficient (Wildman–Crippen LogP) is 2.36. The normalized spacial score (nSPS) is 13.1. The minimum absolute atomic E-state index is 0.0423. The van der Waals surface area contributed by atoms with Crippen molar-refractivity contribution in [2.75, 3.05) is 44.2 Å². The van der Waals surface area contributed by atoms with Gasteiger partial charge in [-0.05, 0) is 38.8 Å². The third-order valence-corrected chi connectivity index (χ3v) is 5.32. The molecule has 1 aromatic carbocycles. The molecule has 0 spiro atoms. The molecule has 38 heavy (non-hydrogen) atoms. The molecule has 14 heteroatoms. The quantitative estimate of drug-likeness (QED) is 0.191. The number of amides is 2. The first-order chi connectivity index (χ1) is 18.0. The van der Waals surface area contributed by atoms with Gasteiger partial charge < -0.3 is 24.8 Å². The van der Waals surface area contributed by atoms with Crippen molar-refractivity contribution in [3.8, 4) is 11.3 Å². The molecular formula is C24H38N6O7S. The van der Waals surface area contributed by atoms with Crippen LogP contribution in [0.25, 0.3) is 11.3 Å². The third kappa shape index (κ3) is 11.5. The van der Waals surface area contributed by atoms with Crippen LogP contribution < -0.4 is 15.4 Å². The number of nitrogens with zero attached hydrogens (tertiary/aromatic N) is 3. The lowest BCUT2D eigenvalue weighted by molar-refractivity contribution is -0.126. The van der Waals surface area contributed by atoms with Gasteiger partial charge >= 0.3 is 6.09 Å². The summed E-state index contributed by atoms with van der Waals surface area (Å²) in [5.74, 6) is -0.242. The molecule has 0 aliphatic carbocycles. The Kier molecular flexibility index (Phi) is 12.6. The van der Waals surface area contributed by atoms with Crippen LogP contribution in [-0.2, 0) is 30.3 Å². The van der Waals surface area contributed by atoms with Crippen LogP contribution >= 0.6 is 0 Å². The summed E-state index contributed by atoms with van der Waals surface area (Å²) in [4.78, 5) is 24.4. The monoisotopic (exact) mass is 554 g/mol. The maximum atomic E-state index is 12.8. The third-order valence-electron chi connectivity index (χ3n) is 4.91. The second kappa shape index (κ2) is 15.4. The van der Waals surface area contributed by atoms with Crippen molar-refractivity contribution in [1.29, 1.82) is 0 Å². The molecule has 2 aromatic rings. The van der Waals surface area contributed by atoms with Crippen LogP contribution in [-0.4, -0.2) is 80.9 Å². The molecule has 4 N–H and O–H groups in total. The lowest BCUT2D eigenvalue weighted by Gasteiger charge is -2.20. The van der Waals surface area contributed by atoms with Crippen molar-refractivity contribution in [2.24, 2.45) is 5.92 Å². The van der Waals surface area contributed by atoms with Gasteiger partial charge in [0.1, 0.15) is 17.3 Å². The van der Waals surface area contributed by atoms with Crippen molar-refractivity contribution in [1.82, 2.24) is 25.6 Å². The topological polar surface area (TPSA) is 166 Å². The molecule has 2 atom stereocenters. The fourth-order valence-electron chi connectivity index (χ4n) is 3.30. The van der Waals surface area contributed by atoms with Crippen molar-refractivity contribution >= 4 is 29.0 Å². The highest BCUT2D eigenvalue weighted by molar-refractivity contribution is 7.80. The lowest BCUT2D eigenvalue weighted by atomic mass is 10.0. The molecule has 0 aliphatic rings. The predicted molar refractivity (Wildman–Crippen MR) is 143 cm³/mol. The average molecular weight is 555 g/mol. The summed E-state index contributed by atoms with van der Waals surface area (Å²) in [5, 5.41) is 13.8. The highest BCUT2D eigenvalue weighted by atomic mass is 32.2. The molecule has 0 bridgehead atoms. The zero-order chi connectivity index (χ0) is 28.1. The molecule has 1 aromatic heterocycles. The Hall–Kier alpha value is -3.07. The molecule has 1 heterocycles. The van der Waals surface area contributed by atoms with Crippen LogP contribution in [0.4, 0.5) is 10.5 Å². The Morgan fingerprint density at radius 2 is 1.63 bits per heavy atom. The van der Waals surface area contributed by atoms with Gasteiger partial charge in [-0.1, -0.05) is 31.2 Å². The smallest absolute Gasteiger partial charge is 0.407 e. The van der Waals surface area contributed by atoms with Crippen LogP contribution in [0.5, 0.6) is 0 Å². The number of aromatic nitrogens is 3. The minimum atomic E-state index is -2.15. The largest absolute Gasteiger partial charge is 0.444 e. The molecule has 13 nitrogen and oxygen atoms in total. The van der Waals surface area contributed by atoms with Gasteiger partial charge in [0, 0.05) is 24.3 Å². The second-order valence-electron chi connectivity index (χ2n) is 9.65. The molecule has 0 fully saturated rings. The first-order valence-electron chi connectivity index (χ1n) is 12.3. The molecule has 0 saturated carbocycles. The molecule has 0 saturated heterocycles. The summed E-state index contributed by atoms with van der Waals surface area (Å²) in [6.07, 6.45) is 1.21. The highest BCUT2D eigenvalue weighted by Crippen LogP contribution is 2.23. The van der Waals surface area contributed by atoms with Gasteiger partial charge in [0.05, 0.1) is 32.6 Å². The van der Waals surface area contributed by atoms with E-state index in [1.54, 1.807) is 51.2 Å². The first kappa shape index (κ1) is 31.1. The highest BCUT2D eigenvalue weighted by Gasteiger charge is 2.25. The van der Waals surface area contributed by atoms with Crippen molar-refractivity contribution in [2.45, 2.75) is 46.3 Å². The average Bonchev–Trinajstić information content (AvgIpc) is 3.28. The standard InChI is InChI=1S/C24H38N6O7S/c1-17(2)21(30-16-20(27-29-30)18-6-8-19(9-7-18)28-38(33)34)22(31)25-10-12-35-14-15-36-13-11-26-23(32)37-24(3,4)5/h6-9,16-17,21,28H,10-15H2,1-5H3,(H,25,31)(H,26,32)(H,33,34)/t21-/m0/s1. The summed E-state index contributed by atoms with van der Waals surface area (Å²) < 4.78 is 39.7. The van der Waals surface area contributed by atoms with E-state index in [0.29, 0.717) is 50.9 Å². The van der Waals surface area contributed by atoms with Crippen molar-refractivity contribution in [3.63, 3.8) is 0 Å². The SMILES string of the molecule is CC(C)[C@@H](C(=O)NCCOCCOCCNC(=O)OC(C)(C)C)n1cc(-c2ccc(NS(=O)O)cc2)nn1. The Morgan fingerprint density at radius 1 is 1.03 bits per heavy atom. The number of nitrogens with one attached hydrogen (secondary N) is 3. The van der Waals surface area contributed by atoms with Crippen LogP contribution in [0.2, 0.25) is 0 Å². The number of alkyl carbamates (subject to hydrolysis) is 1. The summed E-state index contributed by atoms with van der Waals surface area (Å²) in [7, 11) is 0. The first-order valence-corrected chi connectivity index (χ1v) is 13.4. The Bertz CT molecular complexity index is 1040. The molecule has 1 unspecified atom stereocenters. The number of hydrogen-bond donors (Lipinski definition) is 4. The molecule has 2 rings (SSSR count). The maximum Gasteiger partial charge on any atom is 0.407 e. The van der Waals surface area contributed by atoms with Crippen LogP contribution in [0.3, 0.4) is 0 Å². The van der Waals surface area contributed by atoms with E-state index in [0.717, 1.165) is 5.56 Å². The second-order valence-corrected chi connectivity index (χ2v) is 10.3. The summed E-state index contributed by atoms with van der Waals surface area (Å²) >= 11 is -2.15. The summed E-state index contributed by atoms with van der Waals surface area (Å²) in [5.41, 5.74) is 1.28. The van der Waals surface area contributed by atoms with E-state index in [1.807, 2.05) is 13.8 Å². The fraction of sp³-hybridized carbons (Fsp3) is 0.583. The molecule has 2 amide bonds. The Balaban J connectivity index is 1.69.